The summed E-state index contributed by atoms with van der Waals surface area (Å²) < 4.78 is 0. The molecule has 0 aliphatic carbocycles. The summed E-state index contributed by atoms with van der Waals surface area (Å²) in [5, 5.41) is 3.02. The normalized spacial score (nSPS) is 10.8. The Morgan fingerprint density at radius 1 is 1.20 bits per heavy atom. The van der Waals surface area contributed by atoms with Crippen LogP contribution in [-0.4, -0.2) is 18.2 Å². The second-order valence-electron chi connectivity index (χ2n) is 5.14. The first kappa shape index (κ1) is 16.9. The van der Waals surface area contributed by atoms with Crippen molar-refractivity contribution in [3.8, 4) is 0 Å². The van der Waals surface area contributed by atoms with E-state index in [1.165, 1.54) is 11.3 Å². The van der Waals surface area contributed by atoms with Gasteiger partial charge >= 0.3 is 0 Å². The Kier molecular flexibility index (Phi) is 7.52. The Labute approximate surface area is 125 Å². The Bertz CT molecular complexity index is 433. The molecule has 1 amide bonds. The molecule has 20 heavy (non-hydrogen) atoms. The number of nitrogens with one attached hydrogen (secondary N) is 1. The van der Waals surface area contributed by atoms with E-state index >= 15 is 0 Å². The number of Topliss-reactive ketones (excluding diaryl/α,β-unsaturated/α-hetero) is 1. The van der Waals surface area contributed by atoms with Crippen molar-refractivity contribution < 1.29 is 9.59 Å². The fraction of sp³-hybridized carbons (Fsp3) is 0.625. The second-order valence-corrected chi connectivity index (χ2v) is 6.31. The van der Waals surface area contributed by atoms with Gasteiger partial charge in [-0.2, -0.15) is 0 Å². The van der Waals surface area contributed by atoms with Gasteiger partial charge in [-0.3, -0.25) is 9.59 Å². The summed E-state index contributed by atoms with van der Waals surface area (Å²) in [6, 6.07) is 3.84. The third-order valence-corrected chi connectivity index (χ3v) is 4.57. The number of hydrogen-bond acceptors (Lipinski definition) is 3. The van der Waals surface area contributed by atoms with Gasteiger partial charge in [-0.25, -0.2) is 0 Å². The summed E-state index contributed by atoms with van der Waals surface area (Å²) in [6.45, 7) is 6.47. The zero-order valence-corrected chi connectivity index (χ0v) is 13.5. The van der Waals surface area contributed by atoms with Gasteiger partial charge < -0.3 is 5.32 Å². The third-order valence-electron chi connectivity index (χ3n) is 3.32. The molecule has 4 heteroatoms. The predicted molar refractivity (Wildman–Crippen MR) is 84.3 cm³/mol. The van der Waals surface area contributed by atoms with E-state index in [1.807, 2.05) is 12.1 Å². The molecule has 1 aromatic heterocycles. The minimum Gasteiger partial charge on any atom is -0.356 e. The molecule has 3 nitrogen and oxygen atoms in total. The number of hydrogen-bond donors (Lipinski definition) is 1. The van der Waals surface area contributed by atoms with Crippen LogP contribution >= 0.6 is 11.3 Å². The first-order chi connectivity index (χ1) is 9.58. The fourth-order valence-electron chi connectivity index (χ4n) is 2.26. The summed E-state index contributed by atoms with van der Waals surface area (Å²) in [6.07, 6.45) is 4.82. The molecule has 0 fully saturated rings. The first-order valence-corrected chi connectivity index (χ1v) is 8.27. The van der Waals surface area contributed by atoms with Crippen molar-refractivity contribution in [3.05, 3.63) is 21.9 Å². The Morgan fingerprint density at radius 3 is 2.35 bits per heavy atom. The van der Waals surface area contributed by atoms with Gasteiger partial charge in [0.25, 0.3) is 0 Å². The van der Waals surface area contributed by atoms with Crippen molar-refractivity contribution in [2.24, 2.45) is 5.92 Å². The van der Waals surface area contributed by atoms with Crippen LogP contribution in [0.3, 0.4) is 0 Å². The highest BCUT2D eigenvalue weighted by Gasteiger charge is 2.15. The van der Waals surface area contributed by atoms with Crippen LogP contribution in [0.5, 0.6) is 0 Å². The Morgan fingerprint density at radius 2 is 1.85 bits per heavy atom. The van der Waals surface area contributed by atoms with Gasteiger partial charge in [-0.05, 0) is 38.3 Å². The predicted octanol–water partition coefficient (Wildman–Crippen LogP) is 3.83. The average molecular weight is 295 g/mol. The van der Waals surface area contributed by atoms with Crippen molar-refractivity contribution in [1.29, 1.82) is 0 Å². The first-order valence-electron chi connectivity index (χ1n) is 7.45. The lowest BCUT2D eigenvalue weighted by molar-refractivity contribution is -0.125. The Hall–Kier alpha value is -1.16. The smallest absolute Gasteiger partial charge is 0.223 e. The molecule has 1 aromatic rings. The topological polar surface area (TPSA) is 46.2 Å². The van der Waals surface area contributed by atoms with Crippen LogP contribution in [-0.2, 0) is 11.2 Å². The summed E-state index contributed by atoms with van der Waals surface area (Å²) in [5.74, 6) is 0.439. The van der Waals surface area contributed by atoms with E-state index in [2.05, 4.69) is 19.2 Å². The van der Waals surface area contributed by atoms with Crippen molar-refractivity contribution in [3.63, 3.8) is 0 Å². The zero-order chi connectivity index (χ0) is 15.0. The lowest BCUT2D eigenvalue weighted by atomic mass is 9.97. The van der Waals surface area contributed by atoms with Gasteiger partial charge in [0, 0.05) is 17.3 Å². The number of amides is 1. The number of ketones is 1. The van der Waals surface area contributed by atoms with Crippen LogP contribution in [0.15, 0.2) is 12.1 Å². The van der Waals surface area contributed by atoms with Crippen LogP contribution in [0, 0.1) is 5.92 Å². The minimum absolute atomic E-state index is 0.108. The molecule has 0 aromatic carbocycles. The van der Waals surface area contributed by atoms with E-state index in [1.54, 1.807) is 6.92 Å². The highest BCUT2D eigenvalue weighted by Crippen LogP contribution is 2.17. The molecule has 0 aliphatic heterocycles. The standard InChI is InChI=1S/C16H25NO2S/c1-4-6-13(7-5-2)16(19)17-11-10-14-8-9-15(20-14)12(3)18/h8-9,13H,4-7,10-11H2,1-3H3,(H,17,19). The minimum atomic E-state index is 0.108. The van der Waals surface area contributed by atoms with Gasteiger partial charge in [0.2, 0.25) is 5.91 Å². The molecule has 1 N–H and O–H groups in total. The molecule has 1 rings (SSSR count). The van der Waals surface area contributed by atoms with Crippen LogP contribution in [0.4, 0.5) is 0 Å². The number of carbonyl (C=O) groups is 2. The van der Waals surface area contributed by atoms with Gasteiger partial charge in [0.05, 0.1) is 4.88 Å². The van der Waals surface area contributed by atoms with Crippen molar-refractivity contribution >= 4 is 23.0 Å². The maximum Gasteiger partial charge on any atom is 0.223 e. The van der Waals surface area contributed by atoms with Crippen LogP contribution in [0.25, 0.3) is 0 Å². The van der Waals surface area contributed by atoms with Crippen LogP contribution in [0.2, 0.25) is 0 Å². The monoisotopic (exact) mass is 295 g/mol. The molecule has 0 saturated heterocycles. The molecule has 0 radical (unpaired) electrons. The molecule has 0 bridgehead atoms. The molecule has 0 atom stereocenters. The number of carbonyl (C=O) groups excluding carboxylic acids is 2. The SMILES string of the molecule is CCCC(CCC)C(=O)NCCc1ccc(C(C)=O)s1. The van der Waals surface area contributed by atoms with Crippen molar-refractivity contribution in [2.75, 3.05) is 6.54 Å². The molecule has 0 aliphatic rings. The van der Waals surface area contributed by atoms with E-state index in [9.17, 15) is 9.59 Å². The lowest BCUT2D eigenvalue weighted by Crippen LogP contribution is -2.32. The van der Waals surface area contributed by atoms with Gasteiger partial charge in [-0.15, -0.1) is 11.3 Å². The van der Waals surface area contributed by atoms with E-state index < -0.39 is 0 Å². The molecule has 112 valence electrons. The quantitative estimate of drug-likeness (QED) is 0.704. The van der Waals surface area contributed by atoms with Gasteiger partial charge in [-0.1, -0.05) is 26.7 Å². The summed E-state index contributed by atoms with van der Waals surface area (Å²) in [5.41, 5.74) is 0. The summed E-state index contributed by atoms with van der Waals surface area (Å²) >= 11 is 1.52. The molecular weight excluding hydrogens is 270 g/mol. The zero-order valence-electron chi connectivity index (χ0n) is 12.7. The third kappa shape index (κ3) is 5.45. The van der Waals surface area contributed by atoms with Gasteiger partial charge in [0.15, 0.2) is 5.78 Å². The second kappa shape index (κ2) is 8.90. The van der Waals surface area contributed by atoms with Crippen molar-refractivity contribution in [1.82, 2.24) is 5.32 Å². The maximum atomic E-state index is 12.1. The lowest BCUT2D eigenvalue weighted by Gasteiger charge is -2.14. The Balaban J connectivity index is 2.38. The fourth-order valence-corrected chi connectivity index (χ4v) is 3.16. The van der Waals surface area contributed by atoms with Crippen LogP contribution in [0.1, 0.15) is 61.0 Å². The number of thiophene rings is 1. The van der Waals surface area contributed by atoms with E-state index in [-0.39, 0.29) is 17.6 Å². The van der Waals surface area contributed by atoms with E-state index in [0.717, 1.165) is 41.9 Å². The highest BCUT2D eigenvalue weighted by molar-refractivity contribution is 7.14. The molecular formula is C16H25NO2S. The van der Waals surface area contributed by atoms with E-state index in [0.29, 0.717) is 6.54 Å². The average Bonchev–Trinajstić information content (AvgIpc) is 2.87. The van der Waals surface area contributed by atoms with Gasteiger partial charge in [0.1, 0.15) is 0 Å². The summed E-state index contributed by atoms with van der Waals surface area (Å²) in [7, 11) is 0. The molecule has 0 saturated carbocycles. The molecule has 1 heterocycles. The van der Waals surface area contributed by atoms with Crippen LogP contribution < -0.4 is 5.32 Å². The molecule has 0 unspecified atom stereocenters. The summed E-state index contributed by atoms with van der Waals surface area (Å²) in [4.78, 5) is 25.2. The molecule has 0 spiro atoms. The maximum absolute atomic E-state index is 12.1. The van der Waals surface area contributed by atoms with Crippen molar-refractivity contribution in [2.45, 2.75) is 52.9 Å². The highest BCUT2D eigenvalue weighted by atomic mass is 32.1. The number of rotatable bonds is 9. The van der Waals surface area contributed by atoms with E-state index in [4.69, 9.17) is 0 Å². The largest absolute Gasteiger partial charge is 0.356 e.